The average Bonchev–Trinajstić information content (AvgIpc) is 3.28. The van der Waals surface area contributed by atoms with Gasteiger partial charge in [0.2, 0.25) is 0 Å². The van der Waals surface area contributed by atoms with Gasteiger partial charge < -0.3 is 25.2 Å². The monoisotopic (exact) mass is 572 g/mol. The van der Waals surface area contributed by atoms with Crippen LogP contribution in [0.15, 0.2) is 78.9 Å². The van der Waals surface area contributed by atoms with E-state index in [0.717, 1.165) is 16.8 Å². The molecule has 0 fully saturated rings. The van der Waals surface area contributed by atoms with E-state index < -0.39 is 24.6 Å². The molecule has 2 atom stereocenters. The Morgan fingerprint density at radius 3 is 2.10 bits per heavy atom. The number of nitrogens with zero attached hydrogens (tertiary/aromatic N) is 1. The fourth-order valence-electron chi connectivity index (χ4n) is 5.32. The third-order valence-corrected chi connectivity index (χ3v) is 7.21. The number of amides is 1. The van der Waals surface area contributed by atoms with E-state index in [1.807, 2.05) is 79.9 Å². The number of carboxylic acid groups (broad SMARTS) is 1. The van der Waals surface area contributed by atoms with Crippen LogP contribution in [0.5, 0.6) is 0 Å². The molecule has 3 aromatic carbocycles. The highest BCUT2D eigenvalue weighted by atomic mass is 19.1. The van der Waals surface area contributed by atoms with Crippen molar-refractivity contribution in [2.45, 2.75) is 64.7 Å². The van der Waals surface area contributed by atoms with Crippen LogP contribution < -0.4 is 5.32 Å². The molecule has 0 spiro atoms. The average molecular weight is 573 g/mol. The first-order chi connectivity index (χ1) is 20.0. The number of aryl methyl sites for hydroxylation is 1. The van der Waals surface area contributed by atoms with Crippen LogP contribution >= 0.6 is 0 Å². The van der Waals surface area contributed by atoms with Crippen LogP contribution in [0.1, 0.15) is 60.6 Å². The van der Waals surface area contributed by atoms with Crippen molar-refractivity contribution < 1.29 is 29.3 Å². The zero-order chi connectivity index (χ0) is 30.4. The number of para-hydroxylation sites is 1. The molecule has 4 aromatic rings. The Kier molecular flexibility index (Phi) is 9.93. The van der Waals surface area contributed by atoms with Gasteiger partial charge in [-0.3, -0.25) is 9.59 Å². The van der Waals surface area contributed by atoms with Crippen LogP contribution in [0.2, 0.25) is 0 Å². The summed E-state index contributed by atoms with van der Waals surface area (Å²) in [7, 11) is 0. The van der Waals surface area contributed by atoms with E-state index >= 15 is 0 Å². The summed E-state index contributed by atoms with van der Waals surface area (Å²) in [5.74, 6) is -1.94. The molecule has 0 aliphatic carbocycles. The Balaban J connectivity index is 1.91. The molecule has 8 heteroatoms. The maximum Gasteiger partial charge on any atom is 0.305 e. The standard InChI is InChI=1S/C34H37FN2O5/c1-21(2)32-31(34(42)36-26-7-5-4-6-8-26)30(23-11-9-22(3)10-12-23)33(24-13-15-25(35)16-14-24)37(32)18-17-27(38)19-28(39)20-29(40)41/h4-16,21,27-28,38-39H,17-20H2,1-3H3,(H,36,42)(H,40,41)/t27-,28-/m1/s1. The molecule has 0 radical (unpaired) electrons. The Bertz CT molecular complexity index is 1510. The minimum Gasteiger partial charge on any atom is -0.481 e. The first-order valence-electron chi connectivity index (χ1n) is 14.1. The largest absolute Gasteiger partial charge is 0.481 e. The van der Waals surface area contributed by atoms with Gasteiger partial charge >= 0.3 is 5.97 Å². The number of hydrogen-bond donors (Lipinski definition) is 4. The van der Waals surface area contributed by atoms with Crippen LogP contribution in [-0.4, -0.2) is 44.0 Å². The van der Waals surface area contributed by atoms with Crippen molar-refractivity contribution in [3.05, 3.63) is 102 Å². The molecule has 42 heavy (non-hydrogen) atoms. The van der Waals surface area contributed by atoms with Gasteiger partial charge in [0.15, 0.2) is 0 Å². The highest BCUT2D eigenvalue weighted by Gasteiger charge is 2.31. The second kappa shape index (κ2) is 13.6. The number of aliphatic hydroxyl groups is 2. The molecule has 0 unspecified atom stereocenters. The van der Waals surface area contributed by atoms with Gasteiger partial charge in [-0.25, -0.2) is 4.39 Å². The highest BCUT2D eigenvalue weighted by molar-refractivity contribution is 6.12. The first-order valence-corrected chi connectivity index (χ1v) is 14.1. The summed E-state index contributed by atoms with van der Waals surface area (Å²) in [6.45, 7) is 6.24. The van der Waals surface area contributed by atoms with Gasteiger partial charge in [-0.05, 0) is 73.2 Å². The zero-order valence-corrected chi connectivity index (χ0v) is 24.0. The third kappa shape index (κ3) is 7.32. The molecule has 220 valence electrons. The molecule has 1 amide bonds. The number of aliphatic hydroxyl groups excluding tert-OH is 2. The van der Waals surface area contributed by atoms with E-state index in [-0.39, 0.29) is 37.0 Å². The Labute approximate surface area is 245 Å². The van der Waals surface area contributed by atoms with Crippen molar-refractivity contribution in [2.75, 3.05) is 5.32 Å². The quantitative estimate of drug-likeness (QED) is 0.152. The van der Waals surface area contributed by atoms with Crippen LogP contribution in [-0.2, 0) is 11.3 Å². The van der Waals surface area contributed by atoms with Crippen molar-refractivity contribution in [3.63, 3.8) is 0 Å². The van der Waals surface area contributed by atoms with Crippen molar-refractivity contribution in [1.29, 1.82) is 0 Å². The van der Waals surface area contributed by atoms with Crippen LogP contribution in [0, 0.1) is 12.7 Å². The summed E-state index contributed by atoms with van der Waals surface area (Å²) in [5, 5.41) is 32.9. The number of anilines is 1. The second-order valence-corrected chi connectivity index (χ2v) is 10.9. The number of benzene rings is 3. The molecular weight excluding hydrogens is 535 g/mol. The fraction of sp³-hybridized carbons (Fsp3) is 0.294. The van der Waals surface area contributed by atoms with Gasteiger partial charge in [0.25, 0.3) is 5.91 Å². The number of aliphatic carboxylic acids is 1. The molecule has 0 aliphatic rings. The molecule has 4 rings (SSSR count). The summed E-state index contributed by atoms with van der Waals surface area (Å²) in [6.07, 6.45) is -2.51. The number of rotatable bonds is 12. The maximum absolute atomic E-state index is 14.1. The normalized spacial score (nSPS) is 12.7. The number of nitrogens with one attached hydrogen (secondary N) is 1. The van der Waals surface area contributed by atoms with Crippen molar-refractivity contribution in [2.24, 2.45) is 0 Å². The minimum absolute atomic E-state index is 0.0946. The molecule has 0 aliphatic heterocycles. The second-order valence-electron chi connectivity index (χ2n) is 10.9. The van der Waals surface area contributed by atoms with E-state index in [2.05, 4.69) is 5.32 Å². The highest BCUT2D eigenvalue weighted by Crippen LogP contribution is 2.42. The van der Waals surface area contributed by atoms with Crippen LogP contribution in [0.4, 0.5) is 10.1 Å². The van der Waals surface area contributed by atoms with E-state index in [1.54, 1.807) is 12.1 Å². The summed E-state index contributed by atoms with van der Waals surface area (Å²) < 4.78 is 16.1. The molecule has 7 nitrogen and oxygen atoms in total. The predicted octanol–water partition coefficient (Wildman–Crippen LogP) is 6.62. The van der Waals surface area contributed by atoms with E-state index in [4.69, 9.17) is 5.11 Å². The zero-order valence-electron chi connectivity index (χ0n) is 24.0. The van der Waals surface area contributed by atoms with Gasteiger partial charge in [0.1, 0.15) is 5.82 Å². The molecule has 0 saturated carbocycles. The molecular formula is C34H37FN2O5. The smallest absolute Gasteiger partial charge is 0.305 e. The lowest BCUT2D eigenvalue weighted by Crippen LogP contribution is -2.22. The number of hydrogen-bond acceptors (Lipinski definition) is 4. The van der Waals surface area contributed by atoms with Gasteiger partial charge in [-0.2, -0.15) is 0 Å². The molecule has 0 saturated heterocycles. The number of aromatic nitrogens is 1. The summed E-state index contributed by atoms with van der Waals surface area (Å²) in [4.78, 5) is 25.1. The lowest BCUT2D eigenvalue weighted by Gasteiger charge is -2.20. The Hall–Kier alpha value is -4.27. The molecule has 1 aromatic heterocycles. The van der Waals surface area contributed by atoms with E-state index in [9.17, 15) is 24.2 Å². The van der Waals surface area contributed by atoms with Crippen LogP contribution in [0.25, 0.3) is 22.4 Å². The van der Waals surface area contributed by atoms with E-state index in [0.29, 0.717) is 28.1 Å². The number of carboxylic acids is 1. The third-order valence-electron chi connectivity index (χ3n) is 7.21. The first kappa shape index (κ1) is 30.7. The molecule has 0 bridgehead atoms. The van der Waals surface area contributed by atoms with Crippen LogP contribution in [0.3, 0.4) is 0 Å². The number of carbonyl (C=O) groups excluding carboxylic acids is 1. The van der Waals surface area contributed by atoms with Gasteiger partial charge in [-0.15, -0.1) is 0 Å². The fourth-order valence-corrected chi connectivity index (χ4v) is 5.32. The van der Waals surface area contributed by atoms with Gasteiger partial charge in [0, 0.05) is 23.5 Å². The van der Waals surface area contributed by atoms with Crippen molar-refractivity contribution in [1.82, 2.24) is 4.57 Å². The lowest BCUT2D eigenvalue weighted by molar-refractivity contribution is -0.139. The molecule has 1 heterocycles. The maximum atomic E-state index is 14.1. The minimum atomic E-state index is -1.18. The number of carbonyl (C=O) groups is 2. The van der Waals surface area contributed by atoms with Crippen molar-refractivity contribution in [3.8, 4) is 22.4 Å². The number of halogens is 1. The molecule has 4 N–H and O–H groups in total. The predicted molar refractivity (Wildman–Crippen MR) is 162 cm³/mol. The SMILES string of the molecule is Cc1ccc(-c2c(C(=O)Nc3ccccc3)c(C(C)C)n(CC[C@@H](O)C[C@@H](O)CC(=O)O)c2-c2ccc(F)cc2)cc1. The van der Waals surface area contributed by atoms with Crippen molar-refractivity contribution >= 4 is 17.6 Å². The lowest BCUT2D eigenvalue weighted by atomic mass is 9.94. The summed E-state index contributed by atoms with van der Waals surface area (Å²) in [6, 6.07) is 23.2. The topological polar surface area (TPSA) is 112 Å². The Morgan fingerprint density at radius 2 is 1.50 bits per heavy atom. The van der Waals surface area contributed by atoms with Gasteiger partial charge in [-0.1, -0.05) is 61.9 Å². The summed E-state index contributed by atoms with van der Waals surface area (Å²) >= 11 is 0. The Morgan fingerprint density at radius 1 is 0.881 bits per heavy atom. The van der Waals surface area contributed by atoms with Gasteiger partial charge in [0.05, 0.1) is 29.9 Å². The summed E-state index contributed by atoms with van der Waals surface area (Å²) in [5.41, 5.74) is 5.85. The van der Waals surface area contributed by atoms with E-state index in [1.165, 1.54) is 12.1 Å².